The normalized spacial score (nSPS) is 23.1. The molecule has 0 heteroatoms. The van der Waals surface area contributed by atoms with Gasteiger partial charge in [0.05, 0.1) is 0 Å². The lowest BCUT2D eigenvalue weighted by Gasteiger charge is -2.33. The Bertz CT molecular complexity index is 443. The average Bonchev–Trinajstić information content (AvgIpc) is 2.56. The van der Waals surface area contributed by atoms with Gasteiger partial charge in [0.1, 0.15) is 0 Å². The summed E-state index contributed by atoms with van der Waals surface area (Å²) < 4.78 is 0. The summed E-state index contributed by atoms with van der Waals surface area (Å²) in [5.41, 5.74) is 6.26. The highest BCUT2D eigenvalue weighted by atomic mass is 14.4. The molecular weight excluding hydrogens is 192 g/mol. The molecule has 0 unspecified atom stereocenters. The molecule has 0 radical (unpaired) electrons. The van der Waals surface area contributed by atoms with Crippen molar-refractivity contribution in [2.24, 2.45) is 10.8 Å². The molecule has 0 aromatic carbocycles. The van der Waals surface area contributed by atoms with Gasteiger partial charge in [0.2, 0.25) is 0 Å². The average molecular weight is 214 g/mol. The summed E-state index contributed by atoms with van der Waals surface area (Å²) in [4.78, 5) is 0. The van der Waals surface area contributed by atoms with E-state index in [1.807, 2.05) is 0 Å². The Labute approximate surface area is 99.4 Å². The Hall–Kier alpha value is -1.04. The molecule has 0 saturated heterocycles. The molecule has 0 saturated carbocycles. The van der Waals surface area contributed by atoms with Crippen LogP contribution >= 0.6 is 0 Å². The van der Waals surface area contributed by atoms with Crippen molar-refractivity contribution in [3.05, 3.63) is 46.6 Å². The third-order valence-corrected chi connectivity index (χ3v) is 3.58. The van der Waals surface area contributed by atoms with Crippen LogP contribution in [0.25, 0.3) is 0 Å². The summed E-state index contributed by atoms with van der Waals surface area (Å²) in [6.45, 7) is 13.7. The van der Waals surface area contributed by atoms with Crippen molar-refractivity contribution in [1.82, 2.24) is 0 Å². The molecule has 0 aliphatic heterocycles. The molecular formula is C16H22. The van der Waals surface area contributed by atoms with Gasteiger partial charge in [-0.2, -0.15) is 0 Å². The molecule has 2 aliphatic carbocycles. The van der Waals surface area contributed by atoms with E-state index in [9.17, 15) is 0 Å². The van der Waals surface area contributed by atoms with Gasteiger partial charge in [-0.3, -0.25) is 0 Å². The molecule has 2 rings (SSSR count). The molecule has 0 atom stereocenters. The SMILES string of the molecule is CC1=C2C=CC(C(C)(C)C)=C2C(C)(C)C=C1. The van der Waals surface area contributed by atoms with Crippen LogP contribution in [0.2, 0.25) is 0 Å². The van der Waals surface area contributed by atoms with E-state index in [1.54, 1.807) is 0 Å². The minimum atomic E-state index is 0.168. The van der Waals surface area contributed by atoms with Crippen LogP contribution in [-0.4, -0.2) is 0 Å². The van der Waals surface area contributed by atoms with Gasteiger partial charge in [-0.15, -0.1) is 0 Å². The highest BCUT2D eigenvalue weighted by molar-refractivity contribution is 5.63. The van der Waals surface area contributed by atoms with Crippen LogP contribution in [0.5, 0.6) is 0 Å². The van der Waals surface area contributed by atoms with Crippen LogP contribution in [0.1, 0.15) is 41.5 Å². The van der Waals surface area contributed by atoms with E-state index in [0.29, 0.717) is 0 Å². The minimum absolute atomic E-state index is 0.168. The predicted molar refractivity (Wildman–Crippen MR) is 71.2 cm³/mol. The smallest absolute Gasteiger partial charge is 0.00874 e. The summed E-state index contributed by atoms with van der Waals surface area (Å²) in [7, 11) is 0. The Morgan fingerprint density at radius 1 is 1.00 bits per heavy atom. The van der Waals surface area contributed by atoms with E-state index < -0.39 is 0 Å². The maximum Gasteiger partial charge on any atom is 0.00874 e. The maximum atomic E-state index is 2.33. The fourth-order valence-corrected chi connectivity index (χ4v) is 2.63. The number of rotatable bonds is 0. The molecule has 0 bridgehead atoms. The van der Waals surface area contributed by atoms with Gasteiger partial charge in [-0.1, -0.05) is 58.9 Å². The highest BCUT2D eigenvalue weighted by Gasteiger charge is 2.34. The second-order valence-corrected chi connectivity index (χ2v) is 6.52. The topological polar surface area (TPSA) is 0 Å². The first-order valence-electron chi connectivity index (χ1n) is 6.07. The second-order valence-electron chi connectivity index (χ2n) is 6.52. The summed E-state index contributed by atoms with van der Waals surface area (Å²) in [6.07, 6.45) is 9.19. The molecule has 0 aromatic rings. The van der Waals surface area contributed by atoms with Gasteiger partial charge >= 0.3 is 0 Å². The van der Waals surface area contributed by atoms with Crippen LogP contribution in [0, 0.1) is 10.8 Å². The third kappa shape index (κ3) is 1.61. The van der Waals surface area contributed by atoms with Crippen LogP contribution < -0.4 is 0 Å². The first-order chi connectivity index (χ1) is 7.23. The zero-order valence-electron chi connectivity index (χ0n) is 11.3. The number of hydrogen-bond acceptors (Lipinski definition) is 0. The second kappa shape index (κ2) is 3.23. The van der Waals surface area contributed by atoms with E-state index in [-0.39, 0.29) is 10.8 Å². The van der Waals surface area contributed by atoms with Crippen LogP contribution in [-0.2, 0) is 0 Å². The van der Waals surface area contributed by atoms with Crippen molar-refractivity contribution in [1.29, 1.82) is 0 Å². The van der Waals surface area contributed by atoms with Gasteiger partial charge in [-0.05, 0) is 34.6 Å². The summed E-state index contributed by atoms with van der Waals surface area (Å²) >= 11 is 0. The molecule has 0 nitrogen and oxygen atoms in total. The van der Waals surface area contributed by atoms with Crippen molar-refractivity contribution in [2.75, 3.05) is 0 Å². The zero-order valence-corrected chi connectivity index (χ0v) is 11.3. The molecule has 0 amide bonds. The monoisotopic (exact) mass is 214 g/mol. The fraction of sp³-hybridized carbons (Fsp3) is 0.500. The van der Waals surface area contributed by atoms with Gasteiger partial charge in [-0.25, -0.2) is 0 Å². The third-order valence-electron chi connectivity index (χ3n) is 3.58. The Kier molecular flexibility index (Phi) is 2.31. The van der Waals surface area contributed by atoms with Crippen molar-refractivity contribution in [2.45, 2.75) is 41.5 Å². The summed E-state index contributed by atoms with van der Waals surface area (Å²) in [5.74, 6) is 0. The highest BCUT2D eigenvalue weighted by Crippen LogP contribution is 2.48. The van der Waals surface area contributed by atoms with Crippen molar-refractivity contribution < 1.29 is 0 Å². The Morgan fingerprint density at radius 3 is 2.19 bits per heavy atom. The lowest BCUT2D eigenvalue weighted by atomic mass is 9.71. The summed E-state index contributed by atoms with van der Waals surface area (Å²) in [5, 5.41) is 0. The molecule has 2 aliphatic rings. The molecule has 0 aromatic heterocycles. The largest absolute Gasteiger partial charge is 0.0742 e. The molecule has 0 fully saturated rings. The minimum Gasteiger partial charge on any atom is -0.0742 e. The number of hydrogen-bond donors (Lipinski definition) is 0. The zero-order chi connectivity index (χ0) is 12.1. The lowest BCUT2D eigenvalue weighted by Crippen LogP contribution is -2.20. The van der Waals surface area contributed by atoms with E-state index >= 15 is 0 Å². The molecule has 16 heavy (non-hydrogen) atoms. The fourth-order valence-electron chi connectivity index (χ4n) is 2.63. The lowest BCUT2D eigenvalue weighted by molar-refractivity contribution is 0.488. The first-order valence-corrected chi connectivity index (χ1v) is 6.07. The van der Waals surface area contributed by atoms with E-state index in [4.69, 9.17) is 0 Å². The van der Waals surface area contributed by atoms with Gasteiger partial charge in [0.25, 0.3) is 0 Å². The van der Waals surface area contributed by atoms with Gasteiger partial charge in [0, 0.05) is 5.41 Å². The van der Waals surface area contributed by atoms with E-state index in [2.05, 4.69) is 65.8 Å². The predicted octanol–water partition coefficient (Wildman–Crippen LogP) is 4.81. The van der Waals surface area contributed by atoms with Gasteiger partial charge in [0.15, 0.2) is 0 Å². The van der Waals surface area contributed by atoms with Crippen LogP contribution in [0.15, 0.2) is 46.6 Å². The van der Waals surface area contributed by atoms with Crippen molar-refractivity contribution in [3.8, 4) is 0 Å². The Morgan fingerprint density at radius 2 is 1.62 bits per heavy atom. The quantitative estimate of drug-likeness (QED) is 0.543. The van der Waals surface area contributed by atoms with Crippen molar-refractivity contribution in [3.63, 3.8) is 0 Å². The van der Waals surface area contributed by atoms with Crippen LogP contribution in [0.4, 0.5) is 0 Å². The van der Waals surface area contributed by atoms with Gasteiger partial charge < -0.3 is 0 Å². The summed E-state index contributed by atoms with van der Waals surface area (Å²) in [6, 6.07) is 0. The van der Waals surface area contributed by atoms with E-state index in [0.717, 1.165) is 0 Å². The molecule has 86 valence electrons. The first kappa shape index (κ1) is 11.4. The standard InChI is InChI=1S/C16H22/c1-11-9-10-16(5,6)14-12(11)7-8-13(14)15(2,3)4/h7-10H,1-6H3. The molecule has 0 heterocycles. The number of fused-ring (bicyclic) bond motifs is 1. The number of allylic oxidation sites excluding steroid dienone is 8. The molecule has 0 spiro atoms. The Balaban J connectivity index is 2.68. The van der Waals surface area contributed by atoms with Crippen molar-refractivity contribution >= 4 is 0 Å². The van der Waals surface area contributed by atoms with E-state index in [1.165, 1.54) is 22.3 Å². The van der Waals surface area contributed by atoms with Crippen LogP contribution in [0.3, 0.4) is 0 Å². The molecule has 0 N–H and O–H groups in total. The maximum absolute atomic E-state index is 2.33.